The zero-order valence-electron chi connectivity index (χ0n) is 13.4. The summed E-state index contributed by atoms with van der Waals surface area (Å²) in [6, 6.07) is 16.1. The largest absolute Gasteiger partial charge is 0.497 e. The van der Waals surface area contributed by atoms with Gasteiger partial charge < -0.3 is 20.5 Å². The average molecular weight is 328 g/mol. The van der Waals surface area contributed by atoms with Gasteiger partial charge in [-0.15, -0.1) is 0 Å². The fourth-order valence-electron chi connectivity index (χ4n) is 2.14. The third-order valence-electron chi connectivity index (χ3n) is 3.35. The molecule has 2 aromatic carbocycles. The lowest BCUT2D eigenvalue weighted by molar-refractivity contribution is -0.136. The van der Waals surface area contributed by atoms with Crippen LogP contribution in [-0.4, -0.2) is 36.7 Å². The molecule has 0 aliphatic heterocycles. The van der Waals surface area contributed by atoms with E-state index in [-0.39, 0.29) is 6.54 Å². The average Bonchev–Trinajstić information content (AvgIpc) is 2.60. The molecule has 24 heavy (non-hydrogen) atoms. The van der Waals surface area contributed by atoms with E-state index < -0.39 is 17.9 Å². The number of rotatable bonds is 6. The Bertz CT molecular complexity index is 688. The topological polar surface area (TPSA) is 87.7 Å². The molecule has 0 heterocycles. The summed E-state index contributed by atoms with van der Waals surface area (Å²) in [5.74, 6) is -1.02. The summed E-state index contributed by atoms with van der Waals surface area (Å²) < 4.78 is 5.05. The fraction of sp³-hybridized carbons (Fsp3) is 0.222. The molecule has 2 amide bonds. The van der Waals surface area contributed by atoms with E-state index in [0.717, 1.165) is 5.56 Å². The van der Waals surface area contributed by atoms with E-state index in [2.05, 4.69) is 10.6 Å². The van der Waals surface area contributed by atoms with Crippen LogP contribution in [0.1, 0.15) is 5.56 Å². The van der Waals surface area contributed by atoms with Gasteiger partial charge in [0.1, 0.15) is 5.75 Å². The molecule has 0 bridgehead atoms. The predicted octanol–water partition coefficient (Wildman–Crippen LogP) is 1.35. The number of carbonyl (C=O) groups excluding carboxylic acids is 2. The molecule has 6 nitrogen and oxygen atoms in total. The molecule has 0 aliphatic rings. The van der Waals surface area contributed by atoms with E-state index >= 15 is 0 Å². The van der Waals surface area contributed by atoms with Gasteiger partial charge in [-0.2, -0.15) is 0 Å². The molecule has 0 saturated carbocycles. The minimum Gasteiger partial charge on any atom is -0.497 e. The van der Waals surface area contributed by atoms with Crippen molar-refractivity contribution < 1.29 is 19.4 Å². The maximum absolute atomic E-state index is 11.8. The van der Waals surface area contributed by atoms with Crippen LogP contribution >= 0.6 is 0 Å². The van der Waals surface area contributed by atoms with Crippen LogP contribution < -0.4 is 15.4 Å². The second kappa shape index (κ2) is 8.69. The number of ether oxygens (including phenoxy) is 1. The Morgan fingerprint density at radius 2 is 1.83 bits per heavy atom. The maximum atomic E-state index is 11.8. The van der Waals surface area contributed by atoms with Crippen molar-refractivity contribution in [3.8, 4) is 5.75 Å². The summed E-state index contributed by atoms with van der Waals surface area (Å²) in [6.45, 7) is -0.000736. The highest BCUT2D eigenvalue weighted by Crippen LogP contribution is 2.16. The molecule has 126 valence electrons. The molecule has 3 N–H and O–H groups in total. The number of anilines is 1. The Morgan fingerprint density at radius 3 is 2.54 bits per heavy atom. The van der Waals surface area contributed by atoms with Gasteiger partial charge in [-0.1, -0.05) is 36.4 Å². The first-order valence-electron chi connectivity index (χ1n) is 7.53. The SMILES string of the molecule is COc1cccc(NC(=O)C(=O)NCC(O)Cc2ccccc2)c1. The van der Waals surface area contributed by atoms with Crippen molar-refractivity contribution in [2.45, 2.75) is 12.5 Å². The molecule has 0 aromatic heterocycles. The normalized spacial score (nSPS) is 11.4. The van der Waals surface area contributed by atoms with Gasteiger partial charge in [-0.3, -0.25) is 9.59 Å². The van der Waals surface area contributed by atoms with Gasteiger partial charge in [0.15, 0.2) is 0 Å². The van der Waals surface area contributed by atoms with Crippen molar-refractivity contribution in [3.05, 3.63) is 60.2 Å². The molecule has 0 fully saturated rings. The fourth-order valence-corrected chi connectivity index (χ4v) is 2.14. The molecule has 1 atom stereocenters. The molecule has 2 aromatic rings. The summed E-state index contributed by atoms with van der Waals surface area (Å²) in [4.78, 5) is 23.6. The number of hydrogen-bond donors (Lipinski definition) is 3. The molecule has 0 spiro atoms. The van der Waals surface area contributed by atoms with Gasteiger partial charge >= 0.3 is 11.8 Å². The molecule has 2 rings (SSSR count). The lowest BCUT2D eigenvalue weighted by Gasteiger charge is -2.12. The van der Waals surface area contributed by atoms with Crippen LogP contribution in [0.4, 0.5) is 5.69 Å². The molecule has 1 unspecified atom stereocenters. The van der Waals surface area contributed by atoms with Gasteiger partial charge in [0, 0.05) is 24.7 Å². The van der Waals surface area contributed by atoms with Crippen molar-refractivity contribution in [1.29, 1.82) is 0 Å². The van der Waals surface area contributed by atoms with Crippen LogP contribution in [0, 0.1) is 0 Å². The van der Waals surface area contributed by atoms with Crippen LogP contribution in [0.25, 0.3) is 0 Å². The predicted molar refractivity (Wildman–Crippen MR) is 90.8 cm³/mol. The molecule has 0 saturated heterocycles. The number of aliphatic hydroxyl groups is 1. The summed E-state index contributed by atoms with van der Waals surface area (Å²) in [5.41, 5.74) is 1.42. The van der Waals surface area contributed by atoms with Crippen LogP contribution in [0.15, 0.2) is 54.6 Å². The van der Waals surface area contributed by atoms with E-state index in [4.69, 9.17) is 4.74 Å². The minimum atomic E-state index is -0.801. The molecule has 0 radical (unpaired) electrons. The molecule has 6 heteroatoms. The number of benzene rings is 2. The van der Waals surface area contributed by atoms with E-state index in [0.29, 0.717) is 17.9 Å². The van der Waals surface area contributed by atoms with E-state index in [1.54, 1.807) is 24.3 Å². The molecular formula is C18H20N2O4. The lowest BCUT2D eigenvalue weighted by atomic mass is 10.1. The Balaban J connectivity index is 1.79. The zero-order chi connectivity index (χ0) is 17.4. The Labute approximate surface area is 140 Å². The van der Waals surface area contributed by atoms with Gasteiger partial charge in [-0.25, -0.2) is 0 Å². The summed E-state index contributed by atoms with van der Waals surface area (Å²) >= 11 is 0. The first-order chi connectivity index (χ1) is 11.6. The van der Waals surface area contributed by atoms with Crippen molar-refractivity contribution in [1.82, 2.24) is 5.32 Å². The third-order valence-corrected chi connectivity index (χ3v) is 3.35. The highest BCUT2D eigenvalue weighted by atomic mass is 16.5. The van der Waals surface area contributed by atoms with Crippen LogP contribution in [0.3, 0.4) is 0 Å². The summed E-state index contributed by atoms with van der Waals surface area (Å²) in [6.07, 6.45) is -0.362. The summed E-state index contributed by atoms with van der Waals surface area (Å²) in [5, 5.41) is 14.8. The van der Waals surface area contributed by atoms with Gasteiger partial charge in [-0.05, 0) is 17.7 Å². The van der Waals surface area contributed by atoms with Gasteiger partial charge in [0.2, 0.25) is 0 Å². The first-order valence-corrected chi connectivity index (χ1v) is 7.53. The quantitative estimate of drug-likeness (QED) is 0.699. The van der Waals surface area contributed by atoms with E-state index in [1.165, 1.54) is 7.11 Å². The van der Waals surface area contributed by atoms with Crippen LogP contribution in [-0.2, 0) is 16.0 Å². The first kappa shape index (κ1) is 17.5. The van der Waals surface area contributed by atoms with Gasteiger partial charge in [0.25, 0.3) is 0 Å². The smallest absolute Gasteiger partial charge is 0.313 e. The second-order valence-electron chi connectivity index (χ2n) is 5.24. The minimum absolute atomic E-state index is 0.000736. The number of aliphatic hydroxyl groups excluding tert-OH is 1. The number of methoxy groups -OCH3 is 1. The van der Waals surface area contributed by atoms with E-state index in [1.807, 2.05) is 30.3 Å². The molecule has 0 aliphatic carbocycles. The monoisotopic (exact) mass is 328 g/mol. The number of nitrogens with one attached hydrogen (secondary N) is 2. The zero-order valence-corrected chi connectivity index (χ0v) is 13.4. The number of carbonyl (C=O) groups is 2. The molecular weight excluding hydrogens is 308 g/mol. The summed E-state index contributed by atoms with van der Waals surface area (Å²) in [7, 11) is 1.52. The van der Waals surface area contributed by atoms with Gasteiger partial charge in [0.05, 0.1) is 13.2 Å². The number of hydrogen-bond acceptors (Lipinski definition) is 4. The maximum Gasteiger partial charge on any atom is 0.313 e. The van der Waals surface area contributed by atoms with Crippen molar-refractivity contribution >= 4 is 17.5 Å². The van der Waals surface area contributed by atoms with Crippen LogP contribution in [0.2, 0.25) is 0 Å². The lowest BCUT2D eigenvalue weighted by Crippen LogP contribution is -2.40. The second-order valence-corrected chi connectivity index (χ2v) is 5.24. The Hall–Kier alpha value is -2.86. The Kier molecular flexibility index (Phi) is 6.33. The van der Waals surface area contributed by atoms with E-state index in [9.17, 15) is 14.7 Å². The Morgan fingerprint density at radius 1 is 1.08 bits per heavy atom. The standard InChI is InChI=1S/C18H20N2O4/c1-24-16-9-5-8-14(11-16)20-18(23)17(22)19-12-15(21)10-13-6-3-2-4-7-13/h2-9,11,15,21H,10,12H2,1H3,(H,19,22)(H,20,23). The highest BCUT2D eigenvalue weighted by molar-refractivity contribution is 6.39. The highest BCUT2D eigenvalue weighted by Gasteiger charge is 2.15. The number of amides is 2. The van der Waals surface area contributed by atoms with Crippen molar-refractivity contribution in [2.75, 3.05) is 19.0 Å². The van der Waals surface area contributed by atoms with Crippen molar-refractivity contribution in [3.63, 3.8) is 0 Å². The van der Waals surface area contributed by atoms with Crippen LogP contribution in [0.5, 0.6) is 5.75 Å². The third kappa shape index (κ3) is 5.40. The van der Waals surface area contributed by atoms with Crippen molar-refractivity contribution in [2.24, 2.45) is 0 Å².